The molecule has 0 saturated heterocycles. The van der Waals surface area contributed by atoms with Crippen molar-refractivity contribution in [3.8, 4) is 11.5 Å². The molecule has 3 heteroatoms. The van der Waals surface area contributed by atoms with E-state index >= 15 is 0 Å². The minimum atomic E-state index is -0.0139. The molecule has 2 N–H and O–H groups in total. The van der Waals surface area contributed by atoms with Gasteiger partial charge in [-0.15, -0.1) is 0 Å². The van der Waals surface area contributed by atoms with E-state index in [4.69, 9.17) is 15.2 Å². The molecule has 0 radical (unpaired) electrons. The van der Waals surface area contributed by atoms with Crippen molar-refractivity contribution in [3.63, 3.8) is 0 Å². The molecule has 0 aliphatic carbocycles. The van der Waals surface area contributed by atoms with Crippen molar-refractivity contribution in [3.05, 3.63) is 59.7 Å². The summed E-state index contributed by atoms with van der Waals surface area (Å²) in [6, 6.07) is 16.3. The number of hydrogen-bond donors (Lipinski definition) is 1. The van der Waals surface area contributed by atoms with Crippen LogP contribution in [-0.4, -0.2) is 13.2 Å². The average Bonchev–Trinajstić information content (AvgIpc) is 2.54. The van der Waals surface area contributed by atoms with Crippen molar-refractivity contribution in [1.29, 1.82) is 0 Å². The highest BCUT2D eigenvalue weighted by molar-refractivity contribution is 5.44. The predicted molar refractivity (Wildman–Crippen MR) is 83.8 cm³/mol. The smallest absolute Gasteiger partial charge is 0.124 e. The van der Waals surface area contributed by atoms with E-state index < -0.39 is 0 Å². The molecule has 0 saturated carbocycles. The Morgan fingerprint density at radius 1 is 1.19 bits per heavy atom. The third-order valence-electron chi connectivity index (χ3n) is 4.26. The van der Waals surface area contributed by atoms with Crippen molar-refractivity contribution in [2.45, 2.75) is 31.4 Å². The molecular weight excluding hydrogens is 262 g/mol. The van der Waals surface area contributed by atoms with Crippen LogP contribution in [-0.2, 0) is 0 Å². The fourth-order valence-electron chi connectivity index (χ4n) is 2.92. The number of fused-ring (bicyclic) bond motifs is 1. The maximum Gasteiger partial charge on any atom is 0.124 e. The molecule has 0 fully saturated rings. The van der Waals surface area contributed by atoms with Crippen molar-refractivity contribution >= 4 is 0 Å². The summed E-state index contributed by atoms with van der Waals surface area (Å²) in [5.74, 6) is 2.01. The zero-order valence-corrected chi connectivity index (χ0v) is 12.5. The molecule has 1 aliphatic rings. The summed E-state index contributed by atoms with van der Waals surface area (Å²) in [7, 11) is 1.66. The number of methoxy groups -OCH3 is 1. The number of ether oxygens (including phenoxy) is 2. The van der Waals surface area contributed by atoms with Gasteiger partial charge in [0.05, 0.1) is 7.11 Å². The second-order valence-electron chi connectivity index (χ2n) is 5.60. The lowest BCUT2D eigenvalue weighted by Gasteiger charge is -2.34. The van der Waals surface area contributed by atoms with Crippen LogP contribution >= 0.6 is 0 Å². The lowest BCUT2D eigenvalue weighted by molar-refractivity contribution is 0.136. The van der Waals surface area contributed by atoms with Crippen molar-refractivity contribution in [2.24, 2.45) is 5.73 Å². The standard InChI is InChI=1S/C18H21NO2/c1-12(13-6-4-3-5-7-13)18-11-16(19)15-10-14(20-2)8-9-17(15)21-18/h3-10,12,16,18H,11,19H2,1-2H3/t12?,16-,18?/m0/s1. The molecule has 1 aliphatic heterocycles. The van der Waals surface area contributed by atoms with Gasteiger partial charge in [0, 0.05) is 23.9 Å². The number of hydrogen-bond acceptors (Lipinski definition) is 3. The van der Waals surface area contributed by atoms with Crippen LogP contribution in [0.25, 0.3) is 0 Å². The molecule has 1 heterocycles. The van der Waals surface area contributed by atoms with Crippen LogP contribution in [0.2, 0.25) is 0 Å². The highest BCUT2D eigenvalue weighted by Gasteiger charge is 2.30. The summed E-state index contributed by atoms with van der Waals surface area (Å²) in [6.45, 7) is 2.20. The molecule has 3 atom stereocenters. The van der Waals surface area contributed by atoms with Gasteiger partial charge in [0.15, 0.2) is 0 Å². The van der Waals surface area contributed by atoms with Crippen molar-refractivity contribution in [1.82, 2.24) is 0 Å². The molecule has 3 nitrogen and oxygen atoms in total. The first-order valence-electron chi connectivity index (χ1n) is 7.34. The summed E-state index contributed by atoms with van der Waals surface area (Å²) in [4.78, 5) is 0. The number of nitrogens with two attached hydrogens (primary N) is 1. The Hall–Kier alpha value is -2.00. The van der Waals surface area contributed by atoms with Crippen molar-refractivity contribution in [2.75, 3.05) is 7.11 Å². The first-order chi connectivity index (χ1) is 10.2. The topological polar surface area (TPSA) is 44.5 Å². The fourth-order valence-corrected chi connectivity index (χ4v) is 2.92. The van der Waals surface area contributed by atoms with Gasteiger partial charge in [0.2, 0.25) is 0 Å². The highest BCUT2D eigenvalue weighted by Crippen LogP contribution is 2.39. The van der Waals surface area contributed by atoms with E-state index in [2.05, 4.69) is 31.2 Å². The van der Waals surface area contributed by atoms with E-state index in [0.29, 0.717) is 5.92 Å². The number of benzene rings is 2. The lowest BCUT2D eigenvalue weighted by atomic mass is 9.87. The molecule has 0 aromatic heterocycles. The summed E-state index contributed by atoms with van der Waals surface area (Å²) >= 11 is 0. The minimum absolute atomic E-state index is 0.0139. The van der Waals surface area contributed by atoms with E-state index in [1.165, 1.54) is 5.56 Å². The minimum Gasteiger partial charge on any atom is -0.497 e. The normalized spacial score (nSPS) is 22.0. The molecule has 2 aromatic rings. The molecule has 21 heavy (non-hydrogen) atoms. The van der Waals surface area contributed by atoms with Gasteiger partial charge in [-0.2, -0.15) is 0 Å². The summed E-state index contributed by atoms with van der Waals surface area (Å²) in [5, 5.41) is 0. The lowest BCUT2D eigenvalue weighted by Crippen LogP contribution is -2.33. The van der Waals surface area contributed by atoms with Gasteiger partial charge in [-0.05, 0) is 23.8 Å². The van der Waals surface area contributed by atoms with Crippen LogP contribution in [0.5, 0.6) is 11.5 Å². The van der Waals surface area contributed by atoms with Gasteiger partial charge in [0.1, 0.15) is 17.6 Å². The van der Waals surface area contributed by atoms with Crippen LogP contribution < -0.4 is 15.2 Å². The third-order valence-corrected chi connectivity index (χ3v) is 4.26. The Balaban J connectivity index is 1.85. The molecule has 2 aromatic carbocycles. The Morgan fingerprint density at radius 2 is 1.95 bits per heavy atom. The van der Waals surface area contributed by atoms with E-state index in [1.807, 2.05) is 24.3 Å². The summed E-state index contributed by atoms with van der Waals surface area (Å²) in [5.41, 5.74) is 8.66. The average molecular weight is 283 g/mol. The number of rotatable bonds is 3. The summed E-state index contributed by atoms with van der Waals surface area (Å²) in [6.07, 6.45) is 0.916. The maximum atomic E-state index is 6.34. The SMILES string of the molecule is COc1ccc2c(c1)[C@@H](N)CC(C(C)c1ccccc1)O2. The second-order valence-corrected chi connectivity index (χ2v) is 5.60. The Labute approximate surface area is 125 Å². The molecule has 3 rings (SSSR count). The quantitative estimate of drug-likeness (QED) is 0.935. The largest absolute Gasteiger partial charge is 0.497 e. The van der Waals surface area contributed by atoms with Crippen LogP contribution in [0.3, 0.4) is 0 Å². The molecule has 0 bridgehead atoms. The fraction of sp³-hybridized carbons (Fsp3) is 0.333. The predicted octanol–water partition coefficient (Wildman–Crippen LogP) is 3.65. The first-order valence-corrected chi connectivity index (χ1v) is 7.34. The van der Waals surface area contributed by atoms with Crippen molar-refractivity contribution < 1.29 is 9.47 Å². The van der Waals surface area contributed by atoms with E-state index in [1.54, 1.807) is 7.11 Å². The Kier molecular flexibility index (Phi) is 3.84. The summed E-state index contributed by atoms with van der Waals surface area (Å²) < 4.78 is 11.4. The van der Waals surface area contributed by atoms with Crippen LogP contribution in [0.1, 0.15) is 36.4 Å². The van der Waals surface area contributed by atoms with Gasteiger partial charge in [-0.1, -0.05) is 37.3 Å². The maximum absolute atomic E-state index is 6.34. The van der Waals surface area contributed by atoms with E-state index in [9.17, 15) is 0 Å². The van der Waals surface area contributed by atoms with Crippen LogP contribution in [0.15, 0.2) is 48.5 Å². The molecule has 0 spiro atoms. The zero-order valence-electron chi connectivity index (χ0n) is 12.5. The van der Waals surface area contributed by atoms with Gasteiger partial charge in [0.25, 0.3) is 0 Å². The van der Waals surface area contributed by atoms with Crippen LogP contribution in [0, 0.1) is 0 Å². The second kappa shape index (κ2) is 5.78. The highest BCUT2D eigenvalue weighted by atomic mass is 16.5. The van der Waals surface area contributed by atoms with Crippen LogP contribution in [0.4, 0.5) is 0 Å². The van der Waals surface area contributed by atoms with Gasteiger partial charge < -0.3 is 15.2 Å². The van der Waals surface area contributed by atoms with Gasteiger partial charge in [-0.25, -0.2) is 0 Å². The zero-order chi connectivity index (χ0) is 14.8. The van der Waals surface area contributed by atoms with Gasteiger partial charge >= 0.3 is 0 Å². The van der Waals surface area contributed by atoms with E-state index in [0.717, 1.165) is 23.5 Å². The first kappa shape index (κ1) is 14.0. The Morgan fingerprint density at radius 3 is 2.67 bits per heavy atom. The monoisotopic (exact) mass is 283 g/mol. The molecular formula is C18H21NO2. The molecule has 110 valence electrons. The Bertz CT molecular complexity index is 612. The third kappa shape index (κ3) is 2.74. The van der Waals surface area contributed by atoms with E-state index in [-0.39, 0.29) is 12.1 Å². The van der Waals surface area contributed by atoms with Gasteiger partial charge in [-0.3, -0.25) is 0 Å². The molecule has 2 unspecified atom stereocenters. The molecule has 0 amide bonds.